The topological polar surface area (TPSA) is 55.4 Å². The van der Waals surface area contributed by atoms with Gasteiger partial charge < -0.3 is 10.1 Å². The van der Waals surface area contributed by atoms with Crippen LogP contribution in [0.3, 0.4) is 0 Å². The number of benzene rings is 2. The highest BCUT2D eigenvalue weighted by molar-refractivity contribution is 5.97. The van der Waals surface area contributed by atoms with Crippen molar-refractivity contribution >= 4 is 11.9 Å². The number of halogens is 6. The molecule has 30 heavy (non-hydrogen) atoms. The number of aryl methyl sites for hydroxylation is 1. The van der Waals surface area contributed by atoms with Crippen LogP contribution in [-0.4, -0.2) is 25.0 Å². The van der Waals surface area contributed by atoms with E-state index in [1.165, 1.54) is 0 Å². The molecule has 0 aliphatic heterocycles. The maximum Gasteiger partial charge on any atom is 0.416 e. The van der Waals surface area contributed by atoms with Gasteiger partial charge >= 0.3 is 18.3 Å². The molecule has 0 heterocycles. The van der Waals surface area contributed by atoms with Crippen molar-refractivity contribution in [3.63, 3.8) is 0 Å². The average Bonchev–Trinajstić information content (AvgIpc) is 2.66. The molecular formula is C20H17F6NO3. The number of rotatable bonds is 5. The monoisotopic (exact) mass is 433 g/mol. The average molecular weight is 433 g/mol. The number of methoxy groups -OCH3 is 1. The summed E-state index contributed by atoms with van der Waals surface area (Å²) in [5.74, 6) is -2.16. The van der Waals surface area contributed by atoms with E-state index in [0.29, 0.717) is 17.7 Å². The van der Waals surface area contributed by atoms with Gasteiger partial charge in [-0.2, -0.15) is 26.3 Å². The van der Waals surface area contributed by atoms with E-state index in [-0.39, 0.29) is 12.5 Å². The van der Waals surface area contributed by atoms with E-state index < -0.39 is 47.0 Å². The van der Waals surface area contributed by atoms with Crippen LogP contribution in [0.5, 0.6) is 0 Å². The Balaban J connectivity index is 2.39. The van der Waals surface area contributed by atoms with Crippen LogP contribution in [-0.2, 0) is 28.3 Å². The van der Waals surface area contributed by atoms with E-state index in [0.717, 1.165) is 12.7 Å². The molecule has 0 saturated heterocycles. The molecule has 10 heteroatoms. The van der Waals surface area contributed by atoms with Crippen molar-refractivity contribution in [2.24, 2.45) is 0 Å². The van der Waals surface area contributed by atoms with Crippen molar-refractivity contribution in [2.75, 3.05) is 7.11 Å². The number of hydrogen-bond acceptors (Lipinski definition) is 3. The molecular weight excluding hydrogens is 416 g/mol. The molecule has 0 bridgehead atoms. The van der Waals surface area contributed by atoms with Crippen molar-refractivity contribution in [3.05, 3.63) is 70.3 Å². The van der Waals surface area contributed by atoms with Crippen molar-refractivity contribution < 1.29 is 40.7 Å². The van der Waals surface area contributed by atoms with E-state index in [9.17, 15) is 35.9 Å². The number of ether oxygens (including phenoxy) is 1. The van der Waals surface area contributed by atoms with Crippen molar-refractivity contribution in [1.82, 2.24) is 5.32 Å². The summed E-state index contributed by atoms with van der Waals surface area (Å²) in [7, 11) is 1.05. The van der Waals surface area contributed by atoms with E-state index in [1.807, 2.05) is 0 Å². The predicted molar refractivity (Wildman–Crippen MR) is 94.6 cm³/mol. The van der Waals surface area contributed by atoms with Crippen LogP contribution in [0.2, 0.25) is 0 Å². The smallest absolute Gasteiger partial charge is 0.416 e. The van der Waals surface area contributed by atoms with Crippen molar-refractivity contribution in [2.45, 2.75) is 31.7 Å². The molecule has 2 rings (SSSR count). The molecule has 2 aromatic rings. The maximum absolute atomic E-state index is 13.0. The molecule has 0 saturated carbocycles. The van der Waals surface area contributed by atoms with Crippen LogP contribution in [0, 0.1) is 6.92 Å². The number of hydrogen-bond donors (Lipinski definition) is 1. The summed E-state index contributed by atoms with van der Waals surface area (Å²) < 4.78 is 82.6. The zero-order valence-electron chi connectivity index (χ0n) is 15.8. The molecule has 1 amide bonds. The SMILES string of the molecule is COC(=O)[C@H](Cc1ccccc1C)NC(=O)c1cc(C(F)(F)F)cc(C(F)(F)F)c1. The van der Waals surface area contributed by atoms with Gasteiger partial charge in [0.2, 0.25) is 0 Å². The lowest BCUT2D eigenvalue weighted by Crippen LogP contribution is -2.43. The van der Waals surface area contributed by atoms with E-state index in [2.05, 4.69) is 10.1 Å². The van der Waals surface area contributed by atoms with Gasteiger partial charge in [-0.05, 0) is 36.2 Å². The van der Waals surface area contributed by atoms with Crippen molar-refractivity contribution in [3.8, 4) is 0 Å². The minimum Gasteiger partial charge on any atom is -0.467 e. The summed E-state index contributed by atoms with van der Waals surface area (Å²) in [5, 5.41) is 2.17. The zero-order valence-corrected chi connectivity index (χ0v) is 15.8. The van der Waals surface area contributed by atoms with E-state index >= 15 is 0 Å². The largest absolute Gasteiger partial charge is 0.467 e. The molecule has 1 atom stereocenters. The van der Waals surface area contributed by atoms with E-state index in [4.69, 9.17) is 0 Å². The Labute approximate surface area is 167 Å². The fourth-order valence-corrected chi connectivity index (χ4v) is 2.72. The molecule has 4 nitrogen and oxygen atoms in total. The Morgan fingerprint density at radius 1 is 0.967 bits per heavy atom. The second-order valence-corrected chi connectivity index (χ2v) is 6.47. The molecule has 0 aliphatic rings. The van der Waals surface area contributed by atoms with Gasteiger partial charge in [0.1, 0.15) is 6.04 Å². The second-order valence-electron chi connectivity index (χ2n) is 6.47. The minimum absolute atomic E-state index is 0.0593. The van der Waals surface area contributed by atoms with Gasteiger partial charge in [0.25, 0.3) is 5.91 Å². The van der Waals surface area contributed by atoms with Gasteiger partial charge in [-0.3, -0.25) is 4.79 Å². The first kappa shape index (κ1) is 23.2. The molecule has 2 aromatic carbocycles. The summed E-state index contributed by atoms with van der Waals surface area (Å²) in [6.07, 6.45) is -10.3. The Kier molecular flexibility index (Phi) is 6.79. The highest BCUT2D eigenvalue weighted by Gasteiger charge is 2.37. The highest BCUT2D eigenvalue weighted by atomic mass is 19.4. The number of carbonyl (C=O) groups excluding carboxylic acids is 2. The maximum atomic E-state index is 13.0. The molecule has 0 aromatic heterocycles. The molecule has 1 N–H and O–H groups in total. The number of nitrogens with one attached hydrogen (secondary N) is 1. The third kappa shape index (κ3) is 5.74. The zero-order chi connectivity index (χ0) is 22.7. The quantitative estimate of drug-likeness (QED) is 0.556. The predicted octanol–water partition coefficient (Wildman–Crippen LogP) is 4.55. The van der Waals surface area contributed by atoms with Crippen LogP contribution in [0.15, 0.2) is 42.5 Å². The molecule has 162 valence electrons. The third-order valence-electron chi connectivity index (χ3n) is 4.33. The standard InChI is InChI=1S/C20H17F6NO3/c1-11-5-3-4-6-12(11)9-16(18(29)30-2)27-17(28)13-7-14(19(21,22)23)10-15(8-13)20(24,25)26/h3-8,10,16H,9H2,1-2H3,(H,27,28)/t16-/m0/s1. The van der Waals surface area contributed by atoms with Gasteiger partial charge in [0.15, 0.2) is 0 Å². The first-order valence-corrected chi connectivity index (χ1v) is 8.55. The number of carbonyl (C=O) groups is 2. The summed E-state index contributed by atoms with van der Waals surface area (Å²) in [5.41, 5.74) is -2.71. The lowest BCUT2D eigenvalue weighted by atomic mass is 10.00. The molecule has 0 aliphatic carbocycles. The van der Waals surface area contributed by atoms with Gasteiger partial charge in [0, 0.05) is 12.0 Å². The third-order valence-corrected chi connectivity index (χ3v) is 4.33. The first-order chi connectivity index (χ1) is 13.8. The Hall–Kier alpha value is -3.04. The number of esters is 1. The summed E-state index contributed by atoms with van der Waals surface area (Å²) in [6.45, 7) is 1.74. The summed E-state index contributed by atoms with van der Waals surface area (Å²) in [6, 6.07) is 6.04. The lowest BCUT2D eigenvalue weighted by Gasteiger charge is -2.19. The van der Waals surface area contributed by atoms with Crippen LogP contribution in [0.4, 0.5) is 26.3 Å². The van der Waals surface area contributed by atoms with E-state index in [1.54, 1.807) is 31.2 Å². The molecule has 0 radical (unpaired) electrons. The Bertz CT molecular complexity index is 905. The second kappa shape index (κ2) is 8.76. The molecule has 0 unspecified atom stereocenters. The normalized spacial score (nSPS) is 12.9. The van der Waals surface area contributed by atoms with Gasteiger partial charge in [-0.15, -0.1) is 0 Å². The minimum atomic E-state index is -5.10. The lowest BCUT2D eigenvalue weighted by molar-refractivity contribution is -0.144. The Morgan fingerprint density at radius 3 is 1.97 bits per heavy atom. The fourth-order valence-electron chi connectivity index (χ4n) is 2.72. The number of amides is 1. The van der Waals surface area contributed by atoms with Gasteiger partial charge in [-0.1, -0.05) is 24.3 Å². The summed E-state index contributed by atoms with van der Waals surface area (Å²) >= 11 is 0. The number of alkyl halides is 6. The first-order valence-electron chi connectivity index (χ1n) is 8.55. The molecule has 0 fully saturated rings. The fraction of sp³-hybridized carbons (Fsp3) is 0.300. The Morgan fingerprint density at radius 2 is 1.50 bits per heavy atom. The van der Waals surface area contributed by atoms with Crippen LogP contribution in [0.25, 0.3) is 0 Å². The highest BCUT2D eigenvalue weighted by Crippen LogP contribution is 2.36. The van der Waals surface area contributed by atoms with Crippen LogP contribution in [0.1, 0.15) is 32.6 Å². The van der Waals surface area contributed by atoms with Crippen LogP contribution >= 0.6 is 0 Å². The van der Waals surface area contributed by atoms with Crippen LogP contribution < -0.4 is 5.32 Å². The van der Waals surface area contributed by atoms with Crippen molar-refractivity contribution in [1.29, 1.82) is 0 Å². The van der Waals surface area contributed by atoms with Gasteiger partial charge in [0.05, 0.1) is 18.2 Å². The summed E-state index contributed by atoms with van der Waals surface area (Å²) in [4.78, 5) is 24.5. The molecule has 0 spiro atoms. The van der Waals surface area contributed by atoms with Gasteiger partial charge in [-0.25, -0.2) is 4.79 Å².